The van der Waals surface area contributed by atoms with Gasteiger partial charge >= 0.3 is 0 Å². The van der Waals surface area contributed by atoms with Crippen molar-refractivity contribution in [3.05, 3.63) is 84.7 Å². The van der Waals surface area contributed by atoms with Gasteiger partial charge in [-0.3, -0.25) is 0 Å². The van der Waals surface area contributed by atoms with Crippen LogP contribution in [0.25, 0.3) is 16.7 Å². The average Bonchev–Trinajstić information content (AvgIpc) is 2.53. The molecule has 0 amide bonds. The van der Waals surface area contributed by atoms with Gasteiger partial charge in [-0.1, -0.05) is 74.5 Å². The van der Waals surface area contributed by atoms with Gasteiger partial charge in [0.2, 0.25) is 0 Å². The van der Waals surface area contributed by atoms with Crippen molar-refractivity contribution in [3.8, 4) is 16.9 Å². The molecule has 0 unspecified atom stereocenters. The second-order valence-electron chi connectivity index (χ2n) is 5.46. The van der Waals surface area contributed by atoms with Crippen LogP contribution in [0, 0.1) is 0 Å². The summed E-state index contributed by atoms with van der Waals surface area (Å²) >= 11 is 0. The number of fused-ring (bicyclic) bond motifs is 1. The van der Waals surface area contributed by atoms with Gasteiger partial charge in [0.15, 0.2) is 0 Å². The summed E-state index contributed by atoms with van der Waals surface area (Å²) < 4.78 is 5.89. The lowest BCUT2D eigenvalue weighted by atomic mass is 9.95. The Morgan fingerprint density at radius 1 is 1.00 bits per heavy atom. The van der Waals surface area contributed by atoms with Gasteiger partial charge in [0, 0.05) is 11.1 Å². The molecule has 0 aromatic heterocycles. The van der Waals surface area contributed by atoms with Crippen LogP contribution in [0.4, 0.5) is 0 Å². The minimum absolute atomic E-state index is 0.877. The molecular formula is C21H20O. The molecule has 0 atom stereocenters. The maximum Gasteiger partial charge on any atom is 0.142 e. The molecule has 0 radical (unpaired) electrons. The van der Waals surface area contributed by atoms with Gasteiger partial charge in [-0.2, -0.15) is 0 Å². The van der Waals surface area contributed by atoms with Crippen molar-refractivity contribution in [2.24, 2.45) is 0 Å². The largest absolute Gasteiger partial charge is 0.464 e. The molecular weight excluding hydrogens is 268 g/mol. The number of ether oxygens (including phenoxy) is 1. The van der Waals surface area contributed by atoms with Crippen LogP contribution in [0.3, 0.4) is 0 Å². The third kappa shape index (κ3) is 2.89. The molecule has 0 fully saturated rings. The maximum atomic E-state index is 5.89. The molecule has 3 rings (SSSR count). The first-order chi connectivity index (χ1) is 10.8. The molecule has 1 heterocycles. The smallest absolute Gasteiger partial charge is 0.142 e. The minimum atomic E-state index is 0.877. The lowest BCUT2D eigenvalue weighted by Gasteiger charge is -2.16. The number of hydrogen-bond acceptors (Lipinski definition) is 1. The first-order valence-corrected chi connectivity index (χ1v) is 7.71. The van der Waals surface area contributed by atoms with E-state index in [4.69, 9.17) is 4.74 Å². The fraction of sp³-hybridized carbons (Fsp3) is 0.143. The highest BCUT2D eigenvalue weighted by Gasteiger charge is 2.13. The van der Waals surface area contributed by atoms with Crippen LogP contribution in [-0.4, -0.2) is 0 Å². The average molecular weight is 288 g/mol. The zero-order chi connectivity index (χ0) is 15.4. The fourth-order valence-corrected chi connectivity index (χ4v) is 2.74. The molecule has 2 aromatic carbocycles. The molecule has 0 N–H and O–H groups in total. The second kappa shape index (κ2) is 6.48. The van der Waals surface area contributed by atoms with Crippen LogP contribution in [0.5, 0.6) is 5.75 Å². The van der Waals surface area contributed by atoms with Gasteiger partial charge < -0.3 is 4.74 Å². The molecule has 1 aliphatic rings. The van der Waals surface area contributed by atoms with Gasteiger partial charge in [-0.05, 0) is 29.2 Å². The Hall–Kier alpha value is -2.54. The second-order valence-corrected chi connectivity index (χ2v) is 5.46. The molecule has 0 saturated heterocycles. The van der Waals surface area contributed by atoms with Crippen molar-refractivity contribution < 1.29 is 4.74 Å². The summed E-state index contributed by atoms with van der Waals surface area (Å²) in [5.74, 6) is 0.877. The van der Waals surface area contributed by atoms with Gasteiger partial charge in [-0.25, -0.2) is 0 Å². The molecule has 0 spiro atoms. The van der Waals surface area contributed by atoms with E-state index in [-0.39, 0.29) is 0 Å². The Labute approximate surface area is 132 Å². The zero-order valence-electron chi connectivity index (χ0n) is 12.9. The van der Waals surface area contributed by atoms with Crippen LogP contribution in [-0.2, 0) is 6.42 Å². The molecule has 1 nitrogen and oxygen atoms in total. The van der Waals surface area contributed by atoms with Crippen molar-refractivity contribution in [3.63, 3.8) is 0 Å². The van der Waals surface area contributed by atoms with E-state index in [0.29, 0.717) is 0 Å². The summed E-state index contributed by atoms with van der Waals surface area (Å²) in [6.07, 6.45) is 9.81. The third-order valence-electron chi connectivity index (χ3n) is 3.81. The number of benzene rings is 2. The van der Waals surface area contributed by atoms with Crippen molar-refractivity contribution in [1.29, 1.82) is 0 Å². The summed E-state index contributed by atoms with van der Waals surface area (Å²) in [4.78, 5) is 0. The summed E-state index contributed by atoms with van der Waals surface area (Å²) in [7, 11) is 0. The molecule has 0 aliphatic carbocycles. The first kappa shape index (κ1) is 14.4. The highest BCUT2D eigenvalue weighted by atomic mass is 16.5. The van der Waals surface area contributed by atoms with Crippen LogP contribution in [0.2, 0.25) is 0 Å². The summed E-state index contributed by atoms with van der Waals surface area (Å²) in [6.45, 7) is 6.34. The van der Waals surface area contributed by atoms with Crippen molar-refractivity contribution in [1.82, 2.24) is 0 Å². The molecule has 1 heteroatoms. The topological polar surface area (TPSA) is 9.23 Å². The highest BCUT2D eigenvalue weighted by molar-refractivity contribution is 5.84. The zero-order valence-corrected chi connectivity index (χ0v) is 12.9. The maximum absolute atomic E-state index is 5.89. The lowest BCUT2D eigenvalue weighted by molar-refractivity contribution is 0.481. The van der Waals surface area contributed by atoms with Gasteiger partial charge in [0.05, 0.1) is 6.26 Å². The van der Waals surface area contributed by atoms with E-state index >= 15 is 0 Å². The van der Waals surface area contributed by atoms with E-state index < -0.39 is 0 Å². The summed E-state index contributed by atoms with van der Waals surface area (Å²) in [6, 6.07) is 14.9. The number of rotatable bonds is 3. The van der Waals surface area contributed by atoms with Crippen molar-refractivity contribution >= 4 is 5.57 Å². The highest BCUT2D eigenvalue weighted by Crippen LogP contribution is 2.37. The predicted molar refractivity (Wildman–Crippen MR) is 93.8 cm³/mol. The molecule has 22 heavy (non-hydrogen) atoms. The summed E-state index contributed by atoms with van der Waals surface area (Å²) in [5.41, 5.74) is 5.66. The van der Waals surface area contributed by atoms with Crippen molar-refractivity contribution in [2.75, 3.05) is 0 Å². The van der Waals surface area contributed by atoms with E-state index in [0.717, 1.165) is 35.3 Å². The number of hydrogen-bond donors (Lipinski definition) is 0. The van der Waals surface area contributed by atoms with E-state index in [2.05, 4.69) is 56.0 Å². The Kier molecular flexibility index (Phi) is 4.24. The Morgan fingerprint density at radius 3 is 2.68 bits per heavy atom. The fourth-order valence-electron chi connectivity index (χ4n) is 2.74. The lowest BCUT2D eigenvalue weighted by Crippen LogP contribution is -1.95. The monoisotopic (exact) mass is 288 g/mol. The summed E-state index contributed by atoms with van der Waals surface area (Å²) in [5, 5.41) is 0. The van der Waals surface area contributed by atoms with Gasteiger partial charge in [-0.15, -0.1) is 0 Å². The standard InChI is InChI=1S/C21H20O/c1-3-8-17-10-6-11-18(15-17)20-13-7-12-19-16(2)9-4-5-14-22-21(19)20/h4-7,9-15H,2-3,8H2,1H3/b9-4-,14-5-. The molecule has 0 saturated carbocycles. The SMILES string of the molecule is C=C1/C=C\C=C/Oc2c1cccc2-c1cccc(CCC)c1. The Bertz CT molecular complexity index is 750. The molecule has 1 aliphatic heterocycles. The van der Waals surface area contributed by atoms with Crippen LogP contribution < -0.4 is 4.74 Å². The minimum Gasteiger partial charge on any atom is -0.464 e. The quantitative estimate of drug-likeness (QED) is 0.695. The van der Waals surface area contributed by atoms with Crippen LogP contribution in [0.1, 0.15) is 24.5 Å². The van der Waals surface area contributed by atoms with Crippen molar-refractivity contribution in [2.45, 2.75) is 19.8 Å². The van der Waals surface area contributed by atoms with E-state index in [1.165, 1.54) is 11.1 Å². The normalized spacial score (nSPS) is 16.1. The first-order valence-electron chi connectivity index (χ1n) is 7.71. The third-order valence-corrected chi connectivity index (χ3v) is 3.81. The van der Waals surface area contributed by atoms with E-state index in [9.17, 15) is 0 Å². The van der Waals surface area contributed by atoms with Gasteiger partial charge in [0.1, 0.15) is 5.75 Å². The van der Waals surface area contributed by atoms with E-state index in [1.54, 1.807) is 6.26 Å². The molecule has 110 valence electrons. The molecule has 0 bridgehead atoms. The van der Waals surface area contributed by atoms with Gasteiger partial charge in [0.25, 0.3) is 0 Å². The van der Waals surface area contributed by atoms with Crippen LogP contribution >= 0.6 is 0 Å². The Morgan fingerprint density at radius 2 is 1.82 bits per heavy atom. The van der Waals surface area contributed by atoms with E-state index in [1.807, 2.05) is 18.2 Å². The Balaban J connectivity index is 2.12. The predicted octanol–water partition coefficient (Wildman–Crippen LogP) is 5.78. The van der Waals surface area contributed by atoms with Crippen LogP contribution in [0.15, 0.2) is 73.5 Å². The number of allylic oxidation sites excluding steroid dienone is 4. The number of para-hydroxylation sites is 1. The number of aryl methyl sites for hydroxylation is 1. The molecule has 2 aromatic rings.